The van der Waals surface area contributed by atoms with Gasteiger partial charge >= 0.3 is 6.09 Å². The van der Waals surface area contributed by atoms with E-state index in [4.69, 9.17) is 17.0 Å². The fraction of sp³-hybridized carbons (Fsp3) is 0.529. The molecule has 1 N–H and O–H groups in total. The Morgan fingerprint density at radius 1 is 1.32 bits per heavy atom. The molecule has 28 heavy (non-hydrogen) atoms. The van der Waals surface area contributed by atoms with Crippen LogP contribution in [0.2, 0.25) is 0 Å². The summed E-state index contributed by atoms with van der Waals surface area (Å²) in [7, 11) is -3.24. The first-order valence-corrected chi connectivity index (χ1v) is 11.1. The molecule has 2 aliphatic rings. The molecule has 0 bridgehead atoms. The summed E-state index contributed by atoms with van der Waals surface area (Å²) in [5.41, 5.74) is 0.807. The first-order valence-electron chi connectivity index (χ1n) is 8.87. The maximum atomic E-state index is 14.7. The number of carbonyl (C=O) groups is 1. The Morgan fingerprint density at radius 3 is 2.57 bits per heavy atom. The second-order valence-corrected chi connectivity index (χ2v) is 9.43. The average molecular weight is 431 g/mol. The highest BCUT2D eigenvalue weighted by molar-refractivity contribution is 7.88. The van der Waals surface area contributed by atoms with E-state index in [-0.39, 0.29) is 6.10 Å². The highest BCUT2D eigenvalue weighted by atomic mass is 32.2. The molecule has 2 heterocycles. The molecule has 3 rings (SSSR count). The third-order valence-corrected chi connectivity index (χ3v) is 6.19. The second kappa shape index (κ2) is 8.18. The van der Waals surface area contributed by atoms with Crippen LogP contribution in [0, 0.1) is 5.82 Å². The number of benzene rings is 1. The largest absolute Gasteiger partial charge is 0.442 e. The Morgan fingerprint density at radius 2 is 2.00 bits per heavy atom. The number of rotatable bonds is 5. The lowest BCUT2D eigenvalue weighted by Crippen LogP contribution is -2.48. The zero-order valence-electron chi connectivity index (χ0n) is 15.7. The van der Waals surface area contributed by atoms with Crippen LogP contribution in [0.4, 0.5) is 20.6 Å². The van der Waals surface area contributed by atoms with Crippen molar-refractivity contribution in [3.63, 3.8) is 0 Å². The highest BCUT2D eigenvalue weighted by Crippen LogP contribution is 2.28. The van der Waals surface area contributed by atoms with Crippen LogP contribution >= 0.6 is 12.2 Å². The molecule has 1 aromatic carbocycles. The van der Waals surface area contributed by atoms with Crippen LogP contribution in [0.1, 0.15) is 6.92 Å². The summed E-state index contributed by atoms with van der Waals surface area (Å²) in [6.45, 7) is 3.88. The first kappa shape index (κ1) is 20.7. The number of halogens is 1. The Labute approximate surface area is 169 Å². The minimum absolute atomic E-state index is 0.306. The maximum absolute atomic E-state index is 14.7. The molecule has 11 heteroatoms. The van der Waals surface area contributed by atoms with E-state index in [2.05, 4.69) is 5.32 Å². The lowest BCUT2D eigenvalue weighted by Gasteiger charge is -2.35. The molecule has 0 aliphatic carbocycles. The number of amides is 1. The lowest BCUT2D eigenvalue weighted by molar-refractivity contribution is 0.143. The zero-order chi connectivity index (χ0) is 20.5. The third-order valence-electron chi connectivity index (χ3n) is 4.74. The molecule has 1 aromatic rings. The van der Waals surface area contributed by atoms with Crippen LogP contribution in [-0.2, 0) is 14.8 Å². The van der Waals surface area contributed by atoms with Gasteiger partial charge in [-0.3, -0.25) is 4.90 Å². The van der Waals surface area contributed by atoms with Gasteiger partial charge in [0.2, 0.25) is 10.0 Å². The van der Waals surface area contributed by atoms with Crippen LogP contribution in [0.3, 0.4) is 0 Å². The van der Waals surface area contributed by atoms with Crippen LogP contribution in [0.25, 0.3) is 0 Å². The summed E-state index contributed by atoms with van der Waals surface area (Å²) >= 11 is 4.95. The van der Waals surface area contributed by atoms with Crippen LogP contribution in [-0.4, -0.2) is 75.4 Å². The van der Waals surface area contributed by atoms with Gasteiger partial charge in [-0.15, -0.1) is 0 Å². The van der Waals surface area contributed by atoms with Crippen molar-refractivity contribution in [2.45, 2.75) is 13.0 Å². The summed E-state index contributed by atoms with van der Waals surface area (Å²) in [6, 6.07) is 4.59. The van der Waals surface area contributed by atoms with Gasteiger partial charge in [0.25, 0.3) is 0 Å². The van der Waals surface area contributed by atoms with Crippen molar-refractivity contribution in [3.05, 3.63) is 24.0 Å². The fourth-order valence-corrected chi connectivity index (χ4v) is 4.19. The fourth-order valence-electron chi connectivity index (χ4n) is 3.28. The van der Waals surface area contributed by atoms with E-state index in [1.165, 1.54) is 21.5 Å². The monoisotopic (exact) mass is 430 g/mol. The molecule has 0 aromatic heterocycles. The molecule has 154 valence electrons. The van der Waals surface area contributed by atoms with Crippen molar-refractivity contribution >= 4 is 44.7 Å². The maximum Gasteiger partial charge on any atom is 0.414 e. The predicted octanol–water partition coefficient (Wildman–Crippen LogP) is 1.17. The van der Waals surface area contributed by atoms with E-state index in [1.807, 2.05) is 0 Å². The van der Waals surface area contributed by atoms with Crippen molar-refractivity contribution in [2.24, 2.45) is 0 Å². The smallest absolute Gasteiger partial charge is 0.414 e. The Bertz CT molecular complexity index is 872. The number of anilines is 2. The molecule has 0 spiro atoms. The minimum atomic E-state index is -3.24. The Hall–Kier alpha value is -1.98. The molecule has 8 nitrogen and oxygen atoms in total. The quantitative estimate of drug-likeness (QED) is 0.702. The van der Waals surface area contributed by atoms with Gasteiger partial charge in [-0.05, 0) is 25.1 Å². The van der Waals surface area contributed by atoms with Gasteiger partial charge in [-0.2, -0.15) is 4.31 Å². The number of piperazine rings is 1. The van der Waals surface area contributed by atoms with E-state index >= 15 is 0 Å². The van der Waals surface area contributed by atoms with Gasteiger partial charge in [0.05, 0.1) is 35.7 Å². The van der Waals surface area contributed by atoms with Gasteiger partial charge in [-0.25, -0.2) is 17.6 Å². The van der Waals surface area contributed by atoms with Gasteiger partial charge < -0.3 is 15.0 Å². The number of thiocarbonyl (C=S) groups is 1. The first-order chi connectivity index (χ1) is 13.1. The molecule has 1 atom stereocenters. The van der Waals surface area contributed by atoms with E-state index in [0.717, 1.165) is 0 Å². The number of cyclic esters (lactones) is 1. The van der Waals surface area contributed by atoms with Crippen LogP contribution < -0.4 is 15.1 Å². The zero-order valence-corrected chi connectivity index (χ0v) is 17.4. The Kier molecular flexibility index (Phi) is 6.06. The van der Waals surface area contributed by atoms with Gasteiger partial charge in [0, 0.05) is 26.2 Å². The van der Waals surface area contributed by atoms with Crippen molar-refractivity contribution in [3.8, 4) is 0 Å². The molecule has 1 unspecified atom stereocenters. The number of hydrogen-bond acceptors (Lipinski definition) is 6. The molecule has 1 amide bonds. The predicted molar refractivity (Wildman–Crippen MR) is 109 cm³/mol. The molecule has 2 saturated heterocycles. The number of ether oxygens (including phenoxy) is 1. The number of nitrogens with zero attached hydrogens (tertiary/aromatic N) is 3. The van der Waals surface area contributed by atoms with E-state index in [0.29, 0.717) is 55.6 Å². The number of nitrogens with one attached hydrogen (secondary N) is 1. The number of sulfonamides is 1. The highest BCUT2D eigenvalue weighted by Gasteiger charge is 2.33. The van der Waals surface area contributed by atoms with Crippen LogP contribution in [0.5, 0.6) is 0 Å². The average Bonchev–Trinajstić information content (AvgIpc) is 3.00. The van der Waals surface area contributed by atoms with Crippen molar-refractivity contribution < 1.29 is 22.3 Å². The second-order valence-electron chi connectivity index (χ2n) is 6.84. The molecule has 0 radical (unpaired) electrons. The normalized spacial score (nSPS) is 21.0. The molecule has 2 aliphatic heterocycles. The molecular weight excluding hydrogens is 407 g/mol. The van der Waals surface area contributed by atoms with Gasteiger partial charge in [-0.1, -0.05) is 12.2 Å². The summed E-state index contributed by atoms with van der Waals surface area (Å²) in [6.07, 6.45) is 0.282. The third kappa shape index (κ3) is 4.70. The van der Waals surface area contributed by atoms with Crippen molar-refractivity contribution in [1.29, 1.82) is 0 Å². The summed E-state index contributed by atoms with van der Waals surface area (Å²) in [4.78, 5) is 15.9. The SMILES string of the molecule is CC(=S)NCC1CN(c2ccc(N3CCN(S(C)(=O)=O)CC3)c(F)c2)C(=O)O1. The standard InChI is InChI=1S/C17H23FN4O4S2/c1-12(27)19-10-14-11-22(17(23)26-14)13-3-4-16(15(18)9-13)20-5-7-21(8-6-20)28(2,24)25/h3-4,9,14H,5-8,10-11H2,1-2H3,(H,19,27). The topological polar surface area (TPSA) is 82.2 Å². The lowest BCUT2D eigenvalue weighted by atomic mass is 10.2. The van der Waals surface area contributed by atoms with Crippen molar-refractivity contribution in [1.82, 2.24) is 9.62 Å². The molecule has 0 saturated carbocycles. The van der Waals surface area contributed by atoms with E-state index < -0.39 is 21.9 Å². The van der Waals surface area contributed by atoms with E-state index in [9.17, 15) is 17.6 Å². The molecular formula is C17H23FN4O4S2. The summed E-state index contributed by atoms with van der Waals surface area (Å²) in [5, 5.41) is 2.96. The molecule has 2 fully saturated rings. The van der Waals surface area contributed by atoms with Crippen molar-refractivity contribution in [2.75, 3.05) is 55.3 Å². The minimum Gasteiger partial charge on any atom is -0.442 e. The summed E-state index contributed by atoms with van der Waals surface area (Å²) < 4.78 is 44.6. The van der Waals surface area contributed by atoms with Crippen LogP contribution in [0.15, 0.2) is 18.2 Å². The summed E-state index contributed by atoms with van der Waals surface area (Å²) in [5.74, 6) is -0.464. The Balaban J connectivity index is 1.66. The van der Waals surface area contributed by atoms with Gasteiger partial charge in [0.15, 0.2) is 0 Å². The van der Waals surface area contributed by atoms with E-state index in [1.54, 1.807) is 24.0 Å². The number of carbonyl (C=O) groups excluding carboxylic acids is 1. The van der Waals surface area contributed by atoms with Gasteiger partial charge in [0.1, 0.15) is 11.9 Å². The number of hydrogen-bond donors (Lipinski definition) is 1.